The number of rotatable bonds is 6. The fraction of sp³-hybridized carbons (Fsp3) is 0.278. The van der Waals surface area contributed by atoms with E-state index in [0.717, 1.165) is 16.9 Å². The van der Waals surface area contributed by atoms with Gasteiger partial charge in [-0.2, -0.15) is 0 Å². The highest BCUT2D eigenvalue weighted by molar-refractivity contribution is 5.93. The first-order valence-corrected chi connectivity index (χ1v) is 7.39. The van der Waals surface area contributed by atoms with E-state index in [1.54, 1.807) is 14.0 Å². The number of methoxy groups -OCH3 is 1. The summed E-state index contributed by atoms with van der Waals surface area (Å²) in [7, 11) is 1.60. The molecular formula is C18H20FNO3. The van der Waals surface area contributed by atoms with Gasteiger partial charge in [-0.3, -0.25) is 4.79 Å². The molecule has 0 radical (unpaired) electrons. The number of ether oxygens (including phenoxy) is 2. The van der Waals surface area contributed by atoms with Crippen molar-refractivity contribution < 1.29 is 18.7 Å². The Bertz CT molecular complexity index is 701. The van der Waals surface area contributed by atoms with E-state index in [-0.39, 0.29) is 12.3 Å². The summed E-state index contributed by atoms with van der Waals surface area (Å²) >= 11 is 0. The van der Waals surface area contributed by atoms with Gasteiger partial charge in [-0.25, -0.2) is 4.39 Å². The maximum Gasteiger partial charge on any atom is 0.228 e. The predicted octanol–water partition coefficient (Wildman–Crippen LogP) is 3.72. The van der Waals surface area contributed by atoms with E-state index < -0.39 is 5.82 Å². The maximum atomic E-state index is 13.3. The van der Waals surface area contributed by atoms with E-state index in [9.17, 15) is 9.18 Å². The highest BCUT2D eigenvalue weighted by Gasteiger charge is 2.11. The van der Waals surface area contributed by atoms with E-state index in [1.165, 1.54) is 18.2 Å². The molecule has 1 N–H and O–H groups in total. The Morgan fingerprint density at radius 2 is 1.96 bits per heavy atom. The van der Waals surface area contributed by atoms with Crippen molar-refractivity contribution in [2.24, 2.45) is 0 Å². The third-order valence-electron chi connectivity index (χ3n) is 3.35. The summed E-state index contributed by atoms with van der Waals surface area (Å²) in [6, 6.07) is 9.66. The molecule has 0 heterocycles. The van der Waals surface area contributed by atoms with Crippen LogP contribution in [-0.4, -0.2) is 19.6 Å². The van der Waals surface area contributed by atoms with Gasteiger partial charge >= 0.3 is 0 Å². The van der Waals surface area contributed by atoms with Crippen LogP contribution in [0.15, 0.2) is 36.4 Å². The second-order valence-electron chi connectivity index (χ2n) is 5.10. The number of benzene rings is 2. The van der Waals surface area contributed by atoms with Crippen molar-refractivity contribution in [3.63, 3.8) is 0 Å². The number of carbonyl (C=O) groups excluding carboxylic acids is 1. The molecule has 4 nitrogen and oxygen atoms in total. The van der Waals surface area contributed by atoms with Crippen LogP contribution in [0.25, 0.3) is 0 Å². The molecule has 0 bridgehead atoms. The van der Waals surface area contributed by atoms with Gasteiger partial charge in [0.2, 0.25) is 5.91 Å². The van der Waals surface area contributed by atoms with Gasteiger partial charge in [-0.05, 0) is 43.2 Å². The lowest BCUT2D eigenvalue weighted by molar-refractivity contribution is -0.115. The van der Waals surface area contributed by atoms with Gasteiger partial charge in [-0.1, -0.05) is 12.1 Å². The van der Waals surface area contributed by atoms with E-state index >= 15 is 0 Å². The number of carbonyl (C=O) groups is 1. The summed E-state index contributed by atoms with van der Waals surface area (Å²) in [5.41, 5.74) is 2.30. The van der Waals surface area contributed by atoms with Gasteiger partial charge < -0.3 is 14.8 Å². The number of aryl methyl sites for hydroxylation is 1. The van der Waals surface area contributed by atoms with E-state index in [4.69, 9.17) is 9.47 Å². The Labute approximate surface area is 135 Å². The molecule has 5 heteroatoms. The van der Waals surface area contributed by atoms with E-state index in [0.29, 0.717) is 18.0 Å². The lowest BCUT2D eigenvalue weighted by Gasteiger charge is -2.12. The van der Waals surface area contributed by atoms with Crippen LogP contribution in [0.1, 0.15) is 18.1 Å². The molecule has 0 aliphatic heterocycles. The molecule has 0 fully saturated rings. The molecule has 122 valence electrons. The monoisotopic (exact) mass is 317 g/mol. The van der Waals surface area contributed by atoms with Crippen molar-refractivity contribution in [3.05, 3.63) is 53.3 Å². The minimum absolute atomic E-state index is 0.194. The summed E-state index contributed by atoms with van der Waals surface area (Å²) < 4.78 is 23.9. The minimum Gasteiger partial charge on any atom is -0.496 e. The highest BCUT2D eigenvalue weighted by atomic mass is 19.1. The molecule has 0 aliphatic rings. The zero-order valence-corrected chi connectivity index (χ0v) is 13.5. The van der Waals surface area contributed by atoms with Crippen LogP contribution in [0.5, 0.6) is 11.5 Å². The molecule has 2 aromatic rings. The summed E-state index contributed by atoms with van der Waals surface area (Å²) in [6.07, 6.45) is 0.194. The van der Waals surface area contributed by atoms with Gasteiger partial charge in [0.25, 0.3) is 0 Å². The van der Waals surface area contributed by atoms with Crippen LogP contribution in [-0.2, 0) is 11.2 Å². The molecular weight excluding hydrogens is 297 g/mol. The third kappa shape index (κ3) is 4.45. The van der Waals surface area contributed by atoms with Crippen molar-refractivity contribution in [3.8, 4) is 11.5 Å². The van der Waals surface area contributed by atoms with Gasteiger partial charge in [0.1, 0.15) is 17.3 Å². The first kappa shape index (κ1) is 16.8. The summed E-state index contributed by atoms with van der Waals surface area (Å²) in [4.78, 5) is 12.2. The number of anilines is 1. The Hall–Kier alpha value is -2.56. The second kappa shape index (κ2) is 7.63. The van der Waals surface area contributed by atoms with E-state index in [1.807, 2.05) is 25.1 Å². The Kier molecular flexibility index (Phi) is 5.57. The van der Waals surface area contributed by atoms with Crippen LogP contribution < -0.4 is 14.8 Å². The summed E-state index contributed by atoms with van der Waals surface area (Å²) in [6.45, 7) is 4.13. The van der Waals surface area contributed by atoms with Crippen LogP contribution in [0, 0.1) is 12.7 Å². The van der Waals surface area contributed by atoms with Crippen LogP contribution >= 0.6 is 0 Å². The number of nitrogens with one attached hydrogen (secondary N) is 1. The lowest BCUT2D eigenvalue weighted by Crippen LogP contribution is -2.15. The normalized spacial score (nSPS) is 10.3. The van der Waals surface area contributed by atoms with E-state index in [2.05, 4.69) is 5.32 Å². The average molecular weight is 317 g/mol. The molecule has 23 heavy (non-hydrogen) atoms. The van der Waals surface area contributed by atoms with Crippen molar-refractivity contribution in [1.82, 2.24) is 0 Å². The van der Waals surface area contributed by atoms with Gasteiger partial charge in [0.05, 0.1) is 25.8 Å². The molecule has 2 rings (SSSR count). The number of hydrogen-bond acceptors (Lipinski definition) is 3. The van der Waals surface area contributed by atoms with Crippen LogP contribution in [0.3, 0.4) is 0 Å². The minimum atomic E-state index is -0.408. The average Bonchev–Trinajstić information content (AvgIpc) is 2.52. The molecule has 0 unspecified atom stereocenters. The second-order valence-corrected chi connectivity index (χ2v) is 5.10. The molecule has 0 spiro atoms. The van der Waals surface area contributed by atoms with Crippen molar-refractivity contribution in [1.29, 1.82) is 0 Å². The molecule has 0 saturated heterocycles. The molecule has 2 aromatic carbocycles. The Morgan fingerprint density at radius 1 is 1.17 bits per heavy atom. The number of halogens is 1. The lowest BCUT2D eigenvalue weighted by atomic mass is 10.1. The zero-order chi connectivity index (χ0) is 16.8. The maximum absolute atomic E-state index is 13.3. The first-order chi connectivity index (χ1) is 11.0. The fourth-order valence-corrected chi connectivity index (χ4v) is 2.23. The molecule has 0 aromatic heterocycles. The van der Waals surface area contributed by atoms with Crippen molar-refractivity contribution in [2.75, 3.05) is 19.0 Å². The van der Waals surface area contributed by atoms with Crippen molar-refractivity contribution >= 4 is 11.6 Å². The number of hydrogen-bond donors (Lipinski definition) is 1. The molecule has 0 saturated carbocycles. The largest absolute Gasteiger partial charge is 0.496 e. The molecule has 1 amide bonds. The fourth-order valence-electron chi connectivity index (χ4n) is 2.23. The summed E-state index contributed by atoms with van der Waals surface area (Å²) in [5.74, 6) is 0.451. The topological polar surface area (TPSA) is 47.6 Å². The van der Waals surface area contributed by atoms with Crippen LogP contribution in [0.2, 0.25) is 0 Å². The SMILES string of the molecule is CCOc1cc(F)ccc1NC(=O)Cc1ccc(C)c(OC)c1. The smallest absolute Gasteiger partial charge is 0.228 e. The quantitative estimate of drug-likeness (QED) is 0.883. The highest BCUT2D eigenvalue weighted by Crippen LogP contribution is 2.26. The Balaban J connectivity index is 2.10. The third-order valence-corrected chi connectivity index (χ3v) is 3.35. The Morgan fingerprint density at radius 3 is 2.65 bits per heavy atom. The molecule has 0 atom stereocenters. The van der Waals surface area contributed by atoms with Gasteiger partial charge in [0, 0.05) is 6.07 Å². The van der Waals surface area contributed by atoms with Gasteiger partial charge in [0.15, 0.2) is 0 Å². The summed E-state index contributed by atoms with van der Waals surface area (Å²) in [5, 5.41) is 2.75. The first-order valence-electron chi connectivity index (χ1n) is 7.39. The van der Waals surface area contributed by atoms with Crippen LogP contribution in [0.4, 0.5) is 10.1 Å². The number of amides is 1. The predicted molar refractivity (Wildman–Crippen MR) is 87.6 cm³/mol. The molecule has 0 aliphatic carbocycles. The van der Waals surface area contributed by atoms with Crippen molar-refractivity contribution in [2.45, 2.75) is 20.3 Å². The van der Waals surface area contributed by atoms with Gasteiger partial charge in [-0.15, -0.1) is 0 Å². The standard InChI is InChI=1S/C18H20FNO3/c1-4-23-17-11-14(19)7-8-15(17)20-18(21)10-13-6-5-12(2)16(9-13)22-3/h5-9,11H,4,10H2,1-3H3,(H,20,21). The zero-order valence-electron chi connectivity index (χ0n) is 13.5.